The topological polar surface area (TPSA) is 70.9 Å². The SMILES string of the molecule is Cc1cccc(C)c1Nc1nn(C)c2nc(Nc3ccc4c(c3)C(C)(C)N(C)CC4)ncc12. The number of para-hydroxylation sites is 1. The summed E-state index contributed by atoms with van der Waals surface area (Å²) in [6, 6.07) is 12.8. The number of anilines is 4. The smallest absolute Gasteiger partial charge is 0.229 e. The van der Waals surface area contributed by atoms with Crippen molar-refractivity contribution in [2.24, 2.45) is 7.05 Å². The van der Waals surface area contributed by atoms with Crippen molar-refractivity contribution in [3.63, 3.8) is 0 Å². The lowest BCUT2D eigenvalue weighted by Gasteiger charge is -2.41. The Kier molecular flexibility index (Phi) is 5.09. The first-order valence-corrected chi connectivity index (χ1v) is 11.4. The highest BCUT2D eigenvalue weighted by molar-refractivity contribution is 5.90. The van der Waals surface area contributed by atoms with Crippen molar-refractivity contribution in [3.05, 3.63) is 64.8 Å². The highest BCUT2D eigenvalue weighted by Gasteiger charge is 2.32. The van der Waals surface area contributed by atoms with Gasteiger partial charge in [0.05, 0.1) is 5.39 Å². The fraction of sp³-hybridized carbons (Fsp3) is 0.346. The number of aromatic nitrogens is 4. The van der Waals surface area contributed by atoms with Crippen molar-refractivity contribution < 1.29 is 0 Å². The van der Waals surface area contributed by atoms with Crippen LogP contribution < -0.4 is 10.6 Å². The molecule has 0 fully saturated rings. The molecule has 3 heterocycles. The summed E-state index contributed by atoms with van der Waals surface area (Å²) in [4.78, 5) is 11.8. The average molecular weight is 442 g/mol. The van der Waals surface area contributed by atoms with Gasteiger partial charge in [-0.1, -0.05) is 24.3 Å². The van der Waals surface area contributed by atoms with Crippen LogP contribution in [0.4, 0.5) is 23.1 Å². The van der Waals surface area contributed by atoms with E-state index in [9.17, 15) is 0 Å². The van der Waals surface area contributed by atoms with E-state index >= 15 is 0 Å². The minimum Gasteiger partial charge on any atom is -0.338 e. The molecular weight excluding hydrogens is 410 g/mol. The zero-order chi connectivity index (χ0) is 23.3. The van der Waals surface area contributed by atoms with Gasteiger partial charge in [-0.3, -0.25) is 4.90 Å². The molecule has 1 aliphatic rings. The molecule has 7 nitrogen and oxygen atoms in total. The predicted molar refractivity (Wildman–Crippen MR) is 135 cm³/mol. The second kappa shape index (κ2) is 7.85. The van der Waals surface area contributed by atoms with Crippen molar-refractivity contribution >= 4 is 34.2 Å². The summed E-state index contributed by atoms with van der Waals surface area (Å²) < 4.78 is 1.79. The van der Waals surface area contributed by atoms with Gasteiger partial charge in [0.25, 0.3) is 0 Å². The van der Waals surface area contributed by atoms with Crippen LogP contribution in [0.15, 0.2) is 42.6 Å². The third-order valence-electron chi connectivity index (χ3n) is 7.00. The normalized spacial score (nSPS) is 15.5. The second-order valence-corrected chi connectivity index (χ2v) is 9.52. The van der Waals surface area contributed by atoms with E-state index in [1.165, 1.54) is 22.3 Å². The number of likely N-dealkylation sites (N-methyl/N-ethyl adjacent to an activating group) is 1. The van der Waals surface area contributed by atoms with Gasteiger partial charge in [-0.15, -0.1) is 0 Å². The van der Waals surface area contributed by atoms with Crippen LogP contribution in [0.1, 0.15) is 36.1 Å². The zero-order valence-corrected chi connectivity index (χ0v) is 20.2. The lowest BCUT2D eigenvalue weighted by atomic mass is 9.83. The largest absolute Gasteiger partial charge is 0.338 e. The van der Waals surface area contributed by atoms with E-state index in [0.717, 1.165) is 41.2 Å². The summed E-state index contributed by atoms with van der Waals surface area (Å²) in [5.41, 5.74) is 7.94. The van der Waals surface area contributed by atoms with E-state index in [-0.39, 0.29) is 5.54 Å². The van der Waals surface area contributed by atoms with Gasteiger partial charge in [-0.25, -0.2) is 9.67 Å². The maximum absolute atomic E-state index is 4.77. The van der Waals surface area contributed by atoms with Crippen LogP contribution >= 0.6 is 0 Å². The highest BCUT2D eigenvalue weighted by atomic mass is 15.3. The van der Waals surface area contributed by atoms with Gasteiger partial charge in [0.1, 0.15) is 0 Å². The molecule has 0 bridgehead atoms. The Hall–Kier alpha value is -3.45. The van der Waals surface area contributed by atoms with E-state index < -0.39 is 0 Å². The standard InChI is InChI=1S/C26H31N7/c1-16-8-7-9-17(2)22(16)29-23-20-15-27-25(30-24(20)33(6)31-23)28-19-11-10-18-12-13-32(5)26(3,4)21(18)14-19/h7-11,14-15H,12-13H2,1-6H3,(H,29,31)(H,27,28,30). The Morgan fingerprint density at radius 2 is 1.76 bits per heavy atom. The number of hydrogen-bond acceptors (Lipinski definition) is 6. The molecule has 33 heavy (non-hydrogen) atoms. The Morgan fingerprint density at radius 1 is 1.00 bits per heavy atom. The van der Waals surface area contributed by atoms with E-state index in [1.54, 1.807) is 4.68 Å². The van der Waals surface area contributed by atoms with Gasteiger partial charge in [-0.2, -0.15) is 10.1 Å². The Morgan fingerprint density at radius 3 is 2.52 bits per heavy atom. The van der Waals surface area contributed by atoms with Crippen molar-refractivity contribution in [1.29, 1.82) is 0 Å². The molecule has 1 aliphatic heterocycles. The van der Waals surface area contributed by atoms with Gasteiger partial charge < -0.3 is 10.6 Å². The van der Waals surface area contributed by atoms with Gasteiger partial charge in [0, 0.05) is 36.7 Å². The van der Waals surface area contributed by atoms with Crippen LogP contribution in [0.3, 0.4) is 0 Å². The minimum atomic E-state index is -0.00755. The first-order valence-electron chi connectivity index (χ1n) is 11.4. The third kappa shape index (κ3) is 3.72. The van der Waals surface area contributed by atoms with Crippen molar-refractivity contribution in [2.45, 2.75) is 39.7 Å². The van der Waals surface area contributed by atoms with E-state index in [1.807, 2.05) is 13.2 Å². The summed E-state index contributed by atoms with van der Waals surface area (Å²) in [5, 5.41) is 12.4. The van der Waals surface area contributed by atoms with Crippen LogP contribution in [0.2, 0.25) is 0 Å². The average Bonchev–Trinajstić information content (AvgIpc) is 3.09. The molecule has 2 aromatic carbocycles. The molecule has 2 N–H and O–H groups in total. The summed E-state index contributed by atoms with van der Waals surface area (Å²) >= 11 is 0. The third-order valence-corrected chi connectivity index (χ3v) is 7.00. The highest BCUT2D eigenvalue weighted by Crippen LogP contribution is 2.36. The van der Waals surface area contributed by atoms with E-state index in [0.29, 0.717) is 5.95 Å². The van der Waals surface area contributed by atoms with Crippen molar-refractivity contribution in [2.75, 3.05) is 24.2 Å². The lowest BCUT2D eigenvalue weighted by Crippen LogP contribution is -2.43. The first-order chi connectivity index (χ1) is 15.7. The molecule has 0 aliphatic carbocycles. The fourth-order valence-corrected chi connectivity index (χ4v) is 4.66. The summed E-state index contributed by atoms with van der Waals surface area (Å²) in [7, 11) is 4.10. The molecule has 0 amide bonds. The number of fused-ring (bicyclic) bond motifs is 2. The first kappa shape index (κ1) is 21.4. The Labute approximate surface area is 194 Å². The van der Waals surface area contributed by atoms with Gasteiger partial charge >= 0.3 is 0 Å². The number of nitrogens with zero attached hydrogens (tertiary/aromatic N) is 5. The van der Waals surface area contributed by atoms with Gasteiger partial charge in [0.15, 0.2) is 11.5 Å². The molecule has 170 valence electrons. The quantitative estimate of drug-likeness (QED) is 0.454. The van der Waals surface area contributed by atoms with Crippen LogP contribution in [0, 0.1) is 13.8 Å². The summed E-state index contributed by atoms with van der Waals surface area (Å²) in [5.74, 6) is 1.32. The van der Waals surface area contributed by atoms with Crippen LogP contribution in [-0.2, 0) is 19.0 Å². The monoisotopic (exact) mass is 441 g/mol. The zero-order valence-electron chi connectivity index (χ0n) is 20.2. The number of rotatable bonds is 4. The van der Waals surface area contributed by atoms with Crippen LogP contribution in [-0.4, -0.2) is 38.2 Å². The molecule has 4 aromatic rings. The lowest BCUT2D eigenvalue weighted by molar-refractivity contribution is 0.143. The number of nitrogens with one attached hydrogen (secondary N) is 2. The molecule has 7 heteroatoms. The summed E-state index contributed by atoms with van der Waals surface area (Å²) in [6.45, 7) is 9.81. The number of hydrogen-bond donors (Lipinski definition) is 2. The van der Waals surface area contributed by atoms with Gasteiger partial charge in [-0.05, 0) is 75.5 Å². The Balaban J connectivity index is 1.46. The molecule has 0 radical (unpaired) electrons. The van der Waals surface area contributed by atoms with Crippen LogP contribution in [0.25, 0.3) is 11.0 Å². The number of benzene rings is 2. The molecule has 0 spiro atoms. The van der Waals surface area contributed by atoms with Crippen LogP contribution in [0.5, 0.6) is 0 Å². The molecule has 0 saturated heterocycles. The number of aryl methyl sites for hydroxylation is 3. The van der Waals surface area contributed by atoms with E-state index in [4.69, 9.17) is 4.98 Å². The van der Waals surface area contributed by atoms with Crippen molar-refractivity contribution in [1.82, 2.24) is 24.6 Å². The predicted octanol–water partition coefficient (Wildman–Crippen LogP) is 5.19. The minimum absolute atomic E-state index is 0.00755. The second-order valence-electron chi connectivity index (χ2n) is 9.52. The molecule has 0 atom stereocenters. The fourth-order valence-electron chi connectivity index (χ4n) is 4.66. The summed E-state index contributed by atoms with van der Waals surface area (Å²) in [6.07, 6.45) is 2.91. The molecule has 0 saturated carbocycles. The maximum Gasteiger partial charge on any atom is 0.229 e. The molecule has 5 rings (SSSR count). The molecule has 2 aromatic heterocycles. The van der Waals surface area contributed by atoms with Gasteiger partial charge in [0.2, 0.25) is 5.95 Å². The Bertz CT molecular complexity index is 1330. The molecule has 0 unspecified atom stereocenters. The van der Waals surface area contributed by atoms with Crippen molar-refractivity contribution in [3.8, 4) is 0 Å². The molecular formula is C26H31N7. The maximum atomic E-state index is 4.77. The van der Waals surface area contributed by atoms with E-state index in [2.05, 4.69) is 96.8 Å².